The summed E-state index contributed by atoms with van der Waals surface area (Å²) in [4.78, 5) is 11.9. The monoisotopic (exact) mass is 228 g/mol. The molecular formula is C14H16N2O. The van der Waals surface area contributed by atoms with Crippen LogP contribution in [-0.4, -0.2) is 11.9 Å². The lowest BCUT2D eigenvalue weighted by Gasteiger charge is -2.26. The van der Waals surface area contributed by atoms with Gasteiger partial charge in [-0.1, -0.05) is 24.6 Å². The molecular weight excluding hydrogens is 212 g/mol. The van der Waals surface area contributed by atoms with Crippen LogP contribution in [0.3, 0.4) is 0 Å². The Balaban J connectivity index is 1.93. The van der Waals surface area contributed by atoms with Crippen molar-refractivity contribution in [1.82, 2.24) is 5.32 Å². The molecule has 0 bridgehead atoms. The molecule has 0 aromatic heterocycles. The van der Waals surface area contributed by atoms with E-state index in [1.54, 1.807) is 12.1 Å². The number of amides is 1. The topological polar surface area (TPSA) is 52.9 Å². The van der Waals surface area contributed by atoms with Crippen LogP contribution >= 0.6 is 0 Å². The van der Waals surface area contributed by atoms with Crippen LogP contribution < -0.4 is 5.32 Å². The van der Waals surface area contributed by atoms with Gasteiger partial charge < -0.3 is 5.32 Å². The van der Waals surface area contributed by atoms with Crippen molar-refractivity contribution in [3.8, 4) is 6.07 Å². The first-order valence-corrected chi connectivity index (χ1v) is 6.05. The minimum absolute atomic E-state index is 0.0332. The number of nitrogens with zero attached hydrogens (tertiary/aromatic N) is 1. The number of nitrogens with one attached hydrogen (secondary N) is 1. The summed E-state index contributed by atoms with van der Waals surface area (Å²) in [6, 6.07) is 11.7. The van der Waals surface area contributed by atoms with E-state index in [9.17, 15) is 4.79 Å². The van der Waals surface area contributed by atoms with Crippen LogP contribution in [0.25, 0.3) is 0 Å². The van der Waals surface area contributed by atoms with Crippen LogP contribution in [-0.2, 0) is 0 Å². The first kappa shape index (κ1) is 11.7. The number of rotatable bonds is 2. The van der Waals surface area contributed by atoms with E-state index in [-0.39, 0.29) is 17.9 Å². The normalized spacial score (nSPS) is 23.7. The maximum Gasteiger partial charge on any atom is 0.251 e. The molecule has 0 saturated heterocycles. The minimum Gasteiger partial charge on any atom is -0.349 e. The van der Waals surface area contributed by atoms with Gasteiger partial charge in [-0.15, -0.1) is 0 Å². The maximum absolute atomic E-state index is 11.9. The summed E-state index contributed by atoms with van der Waals surface area (Å²) in [5.74, 6) is 0.0685. The van der Waals surface area contributed by atoms with Gasteiger partial charge in [0, 0.05) is 17.5 Å². The van der Waals surface area contributed by atoms with E-state index in [1.165, 1.54) is 0 Å². The molecule has 0 spiro atoms. The Labute approximate surface area is 101 Å². The van der Waals surface area contributed by atoms with Crippen LogP contribution in [0.2, 0.25) is 0 Å². The van der Waals surface area contributed by atoms with Crippen molar-refractivity contribution < 1.29 is 4.79 Å². The first-order valence-electron chi connectivity index (χ1n) is 6.05. The average Bonchev–Trinajstić information content (AvgIpc) is 2.40. The van der Waals surface area contributed by atoms with E-state index in [1.807, 2.05) is 18.2 Å². The van der Waals surface area contributed by atoms with Crippen molar-refractivity contribution in [2.75, 3.05) is 0 Å². The smallest absolute Gasteiger partial charge is 0.251 e. The van der Waals surface area contributed by atoms with Gasteiger partial charge in [0.1, 0.15) is 0 Å². The van der Waals surface area contributed by atoms with Gasteiger partial charge in [-0.3, -0.25) is 4.79 Å². The average molecular weight is 228 g/mol. The summed E-state index contributed by atoms with van der Waals surface area (Å²) in [5, 5.41) is 11.9. The largest absolute Gasteiger partial charge is 0.349 e. The lowest BCUT2D eigenvalue weighted by Crippen LogP contribution is -2.38. The Morgan fingerprint density at radius 3 is 2.76 bits per heavy atom. The Morgan fingerprint density at radius 2 is 2.06 bits per heavy atom. The molecule has 17 heavy (non-hydrogen) atoms. The zero-order valence-corrected chi connectivity index (χ0v) is 9.73. The molecule has 1 N–H and O–H groups in total. The van der Waals surface area contributed by atoms with Crippen LogP contribution in [0.4, 0.5) is 0 Å². The second-order valence-corrected chi connectivity index (χ2v) is 4.53. The standard InChI is InChI=1S/C14H16N2O/c15-10-11-5-4-8-13(9-11)16-14(17)12-6-2-1-3-7-12/h1-3,6-7,11,13H,4-5,8-9H2,(H,16,17)/t11-,13-/m1/s1. The molecule has 1 aromatic carbocycles. The highest BCUT2D eigenvalue weighted by molar-refractivity contribution is 5.94. The third-order valence-electron chi connectivity index (χ3n) is 3.23. The quantitative estimate of drug-likeness (QED) is 0.845. The van der Waals surface area contributed by atoms with E-state index in [2.05, 4.69) is 11.4 Å². The highest BCUT2D eigenvalue weighted by Gasteiger charge is 2.23. The lowest BCUT2D eigenvalue weighted by molar-refractivity contribution is 0.0924. The van der Waals surface area contributed by atoms with Crippen molar-refractivity contribution in [1.29, 1.82) is 5.26 Å². The lowest BCUT2D eigenvalue weighted by atomic mass is 9.86. The molecule has 0 unspecified atom stereocenters. The van der Waals surface area contributed by atoms with Gasteiger partial charge in [-0.25, -0.2) is 0 Å². The fourth-order valence-electron chi connectivity index (χ4n) is 2.30. The number of carbonyl (C=O) groups is 1. The molecule has 3 nitrogen and oxygen atoms in total. The van der Waals surface area contributed by atoms with E-state index < -0.39 is 0 Å². The van der Waals surface area contributed by atoms with Crippen LogP contribution in [0.1, 0.15) is 36.0 Å². The second kappa shape index (κ2) is 5.49. The van der Waals surface area contributed by atoms with Gasteiger partial charge in [0.05, 0.1) is 6.07 Å². The molecule has 1 aromatic rings. The number of benzene rings is 1. The van der Waals surface area contributed by atoms with Crippen LogP contribution in [0, 0.1) is 17.2 Å². The van der Waals surface area contributed by atoms with E-state index >= 15 is 0 Å². The number of carbonyl (C=O) groups excluding carboxylic acids is 1. The van der Waals surface area contributed by atoms with Gasteiger partial charge in [0.25, 0.3) is 5.91 Å². The number of nitriles is 1. The zero-order valence-electron chi connectivity index (χ0n) is 9.73. The summed E-state index contributed by atoms with van der Waals surface area (Å²) in [7, 11) is 0. The summed E-state index contributed by atoms with van der Waals surface area (Å²) in [5.41, 5.74) is 0.687. The summed E-state index contributed by atoms with van der Waals surface area (Å²) in [6.45, 7) is 0. The molecule has 2 atom stereocenters. The maximum atomic E-state index is 11.9. The van der Waals surface area contributed by atoms with E-state index in [4.69, 9.17) is 5.26 Å². The van der Waals surface area contributed by atoms with Gasteiger partial charge in [-0.2, -0.15) is 5.26 Å². The molecule has 1 aliphatic rings. The van der Waals surface area contributed by atoms with Crippen LogP contribution in [0.15, 0.2) is 30.3 Å². The fraction of sp³-hybridized carbons (Fsp3) is 0.429. The first-order chi connectivity index (χ1) is 8.29. The molecule has 0 heterocycles. The molecule has 3 heteroatoms. The highest BCUT2D eigenvalue weighted by atomic mass is 16.1. The predicted molar refractivity (Wildman–Crippen MR) is 65.3 cm³/mol. The minimum atomic E-state index is -0.0332. The molecule has 0 radical (unpaired) electrons. The fourth-order valence-corrected chi connectivity index (χ4v) is 2.30. The zero-order chi connectivity index (χ0) is 12.1. The number of hydrogen-bond acceptors (Lipinski definition) is 2. The van der Waals surface area contributed by atoms with Crippen molar-refractivity contribution in [3.05, 3.63) is 35.9 Å². The third-order valence-corrected chi connectivity index (χ3v) is 3.23. The Kier molecular flexibility index (Phi) is 3.77. The summed E-state index contributed by atoms with van der Waals surface area (Å²) >= 11 is 0. The summed E-state index contributed by atoms with van der Waals surface area (Å²) < 4.78 is 0. The van der Waals surface area contributed by atoms with Crippen molar-refractivity contribution in [3.63, 3.8) is 0 Å². The Hall–Kier alpha value is -1.82. The molecule has 1 saturated carbocycles. The molecule has 1 amide bonds. The molecule has 0 aliphatic heterocycles. The SMILES string of the molecule is N#C[C@@H]1CCC[C@@H](NC(=O)c2ccccc2)C1. The molecule has 1 aliphatic carbocycles. The van der Waals surface area contributed by atoms with Gasteiger partial charge >= 0.3 is 0 Å². The highest BCUT2D eigenvalue weighted by Crippen LogP contribution is 2.23. The van der Waals surface area contributed by atoms with Crippen molar-refractivity contribution >= 4 is 5.91 Å². The van der Waals surface area contributed by atoms with Gasteiger partial charge in [-0.05, 0) is 31.4 Å². The Bertz CT molecular complexity index is 422. The van der Waals surface area contributed by atoms with E-state index in [0.717, 1.165) is 25.7 Å². The predicted octanol–water partition coefficient (Wildman–Crippen LogP) is 2.50. The Morgan fingerprint density at radius 1 is 1.29 bits per heavy atom. The van der Waals surface area contributed by atoms with Gasteiger partial charge in [0.15, 0.2) is 0 Å². The number of hydrogen-bond donors (Lipinski definition) is 1. The molecule has 1 fully saturated rings. The van der Waals surface area contributed by atoms with Crippen LogP contribution in [0.5, 0.6) is 0 Å². The van der Waals surface area contributed by atoms with Crippen molar-refractivity contribution in [2.45, 2.75) is 31.7 Å². The van der Waals surface area contributed by atoms with E-state index in [0.29, 0.717) is 5.56 Å². The second-order valence-electron chi connectivity index (χ2n) is 4.53. The third kappa shape index (κ3) is 3.07. The van der Waals surface area contributed by atoms with Crippen molar-refractivity contribution in [2.24, 2.45) is 5.92 Å². The molecule has 88 valence electrons. The molecule has 2 rings (SSSR count). The summed E-state index contributed by atoms with van der Waals surface area (Å²) in [6.07, 6.45) is 3.76. The van der Waals surface area contributed by atoms with Gasteiger partial charge in [0.2, 0.25) is 0 Å².